The van der Waals surface area contributed by atoms with Gasteiger partial charge in [0, 0.05) is 38.4 Å². The Labute approximate surface area is 149 Å². The van der Waals surface area contributed by atoms with Crippen LogP contribution in [0.2, 0.25) is 0 Å². The van der Waals surface area contributed by atoms with Gasteiger partial charge in [-0.2, -0.15) is 0 Å². The van der Waals surface area contributed by atoms with Crippen molar-refractivity contribution in [3.8, 4) is 0 Å². The van der Waals surface area contributed by atoms with Crippen LogP contribution in [0.15, 0.2) is 35.3 Å². The van der Waals surface area contributed by atoms with E-state index in [0.717, 1.165) is 44.9 Å². The van der Waals surface area contributed by atoms with Crippen LogP contribution in [0.1, 0.15) is 12.8 Å². The first kappa shape index (κ1) is 19.2. The van der Waals surface area contributed by atoms with Crippen molar-refractivity contribution in [3.63, 3.8) is 0 Å². The molecule has 7 heteroatoms. The quantitative estimate of drug-likeness (QED) is 0.355. The van der Waals surface area contributed by atoms with Crippen molar-refractivity contribution in [2.45, 2.75) is 12.8 Å². The zero-order valence-electron chi connectivity index (χ0n) is 14.8. The van der Waals surface area contributed by atoms with Crippen LogP contribution in [-0.4, -0.2) is 58.4 Å². The lowest BCUT2D eigenvalue weighted by atomic mass is 10.1. The molecule has 1 aromatic carbocycles. The number of carbonyl (C=O) groups is 1. The van der Waals surface area contributed by atoms with E-state index in [-0.39, 0.29) is 12.5 Å². The predicted octanol–water partition coefficient (Wildman–Crippen LogP) is 1.23. The van der Waals surface area contributed by atoms with Crippen molar-refractivity contribution in [1.82, 2.24) is 10.6 Å². The van der Waals surface area contributed by atoms with Gasteiger partial charge in [0.1, 0.15) is 0 Å². The first-order valence-electron chi connectivity index (χ1n) is 8.73. The van der Waals surface area contributed by atoms with Crippen molar-refractivity contribution in [2.75, 3.05) is 51.9 Å². The van der Waals surface area contributed by atoms with Crippen LogP contribution in [0.3, 0.4) is 0 Å². The lowest BCUT2D eigenvalue weighted by molar-refractivity contribution is -0.115. The Kier molecular flexibility index (Phi) is 8.79. The highest BCUT2D eigenvalue weighted by Gasteiger charge is 2.15. The molecule has 0 saturated carbocycles. The molecule has 3 N–H and O–H groups in total. The minimum atomic E-state index is -0.115. The highest BCUT2D eigenvalue weighted by atomic mass is 16.5. The molecule has 1 amide bonds. The second-order valence-electron chi connectivity index (χ2n) is 5.92. The topological polar surface area (TPSA) is 84.0 Å². The number of anilines is 1. The first-order chi connectivity index (χ1) is 12.3. The number of nitrogens with zero attached hydrogens (tertiary/aromatic N) is 1. The number of carbonyl (C=O) groups excluding carboxylic acids is 1. The molecular formula is C18H28N4O3. The van der Waals surface area contributed by atoms with Crippen LogP contribution < -0.4 is 16.0 Å². The van der Waals surface area contributed by atoms with Gasteiger partial charge < -0.3 is 25.4 Å². The molecular weight excluding hydrogens is 320 g/mol. The van der Waals surface area contributed by atoms with E-state index in [1.807, 2.05) is 30.3 Å². The summed E-state index contributed by atoms with van der Waals surface area (Å²) in [7, 11) is 1.68. The molecule has 1 aromatic rings. The van der Waals surface area contributed by atoms with E-state index in [0.29, 0.717) is 18.5 Å². The van der Waals surface area contributed by atoms with Crippen LogP contribution >= 0.6 is 0 Å². The summed E-state index contributed by atoms with van der Waals surface area (Å²) in [5, 5.41) is 8.98. The van der Waals surface area contributed by atoms with Crippen molar-refractivity contribution in [1.29, 1.82) is 0 Å². The van der Waals surface area contributed by atoms with Crippen molar-refractivity contribution in [3.05, 3.63) is 30.3 Å². The average molecular weight is 348 g/mol. The van der Waals surface area contributed by atoms with Gasteiger partial charge in [-0.3, -0.25) is 9.79 Å². The molecule has 1 heterocycles. The van der Waals surface area contributed by atoms with E-state index >= 15 is 0 Å². The zero-order chi connectivity index (χ0) is 17.7. The Morgan fingerprint density at radius 3 is 2.88 bits per heavy atom. The van der Waals surface area contributed by atoms with Crippen LogP contribution in [0.25, 0.3) is 0 Å². The minimum Gasteiger partial charge on any atom is -0.381 e. The van der Waals surface area contributed by atoms with E-state index in [9.17, 15) is 4.79 Å². The molecule has 1 saturated heterocycles. The molecule has 0 aromatic heterocycles. The molecule has 0 spiro atoms. The van der Waals surface area contributed by atoms with Crippen molar-refractivity contribution >= 4 is 17.6 Å². The summed E-state index contributed by atoms with van der Waals surface area (Å²) in [5.41, 5.74) is 0.780. The number of amides is 1. The first-order valence-corrected chi connectivity index (χ1v) is 8.73. The van der Waals surface area contributed by atoms with Crippen LogP contribution in [0.5, 0.6) is 0 Å². The number of hydrogen-bond donors (Lipinski definition) is 3. The Balaban J connectivity index is 1.52. The summed E-state index contributed by atoms with van der Waals surface area (Å²) >= 11 is 0. The third-order valence-corrected chi connectivity index (χ3v) is 3.83. The summed E-state index contributed by atoms with van der Waals surface area (Å²) in [5.74, 6) is 1.04. The molecule has 138 valence electrons. The predicted molar refractivity (Wildman–Crippen MR) is 98.8 cm³/mol. The van der Waals surface area contributed by atoms with Gasteiger partial charge in [-0.1, -0.05) is 18.2 Å². The lowest BCUT2D eigenvalue weighted by Crippen LogP contribution is -2.41. The maximum Gasteiger partial charge on any atom is 0.243 e. The summed E-state index contributed by atoms with van der Waals surface area (Å²) in [4.78, 5) is 16.0. The van der Waals surface area contributed by atoms with Crippen LogP contribution in [0, 0.1) is 5.92 Å². The molecule has 1 aliphatic rings. The number of para-hydroxylation sites is 1. The fourth-order valence-electron chi connectivity index (χ4n) is 2.46. The number of nitrogens with one attached hydrogen (secondary N) is 3. The standard InChI is InChI=1S/C18H28N4O3/c1-19-18(20-9-5-10-24-13-15-8-11-25-14-15)21-12-17(23)22-16-6-3-2-4-7-16/h2-4,6-7,15H,5,8-14H2,1H3,(H,22,23)(H2,19,20,21). The third kappa shape index (κ3) is 8.00. The molecule has 1 aliphatic heterocycles. The fourth-order valence-corrected chi connectivity index (χ4v) is 2.46. The second kappa shape index (κ2) is 11.4. The zero-order valence-corrected chi connectivity index (χ0v) is 14.8. The second-order valence-corrected chi connectivity index (χ2v) is 5.92. The molecule has 0 radical (unpaired) electrons. The maximum absolute atomic E-state index is 11.9. The van der Waals surface area contributed by atoms with E-state index in [1.54, 1.807) is 7.05 Å². The van der Waals surface area contributed by atoms with Gasteiger partial charge in [0.25, 0.3) is 0 Å². The van der Waals surface area contributed by atoms with Gasteiger partial charge in [0.05, 0.1) is 19.8 Å². The number of benzene rings is 1. The van der Waals surface area contributed by atoms with E-state index in [2.05, 4.69) is 20.9 Å². The smallest absolute Gasteiger partial charge is 0.243 e. The largest absolute Gasteiger partial charge is 0.381 e. The molecule has 0 bridgehead atoms. The molecule has 1 fully saturated rings. The van der Waals surface area contributed by atoms with Crippen LogP contribution in [0.4, 0.5) is 5.69 Å². The van der Waals surface area contributed by atoms with Gasteiger partial charge in [-0.25, -0.2) is 0 Å². The number of rotatable bonds is 9. The summed E-state index contributed by atoms with van der Waals surface area (Å²) in [6, 6.07) is 9.37. The van der Waals surface area contributed by atoms with Gasteiger partial charge >= 0.3 is 0 Å². The van der Waals surface area contributed by atoms with Gasteiger partial charge in [-0.15, -0.1) is 0 Å². The normalized spacial score (nSPS) is 17.3. The van der Waals surface area contributed by atoms with Gasteiger partial charge in [0.15, 0.2) is 5.96 Å². The van der Waals surface area contributed by atoms with E-state index in [4.69, 9.17) is 9.47 Å². The average Bonchev–Trinajstić information content (AvgIpc) is 3.15. The SMILES string of the molecule is CN=C(NCCCOCC1CCOC1)NCC(=O)Nc1ccccc1. The Morgan fingerprint density at radius 2 is 2.16 bits per heavy atom. The number of hydrogen-bond acceptors (Lipinski definition) is 4. The van der Waals surface area contributed by atoms with Crippen molar-refractivity contribution in [2.24, 2.45) is 10.9 Å². The highest BCUT2D eigenvalue weighted by molar-refractivity contribution is 5.94. The van der Waals surface area contributed by atoms with Crippen LogP contribution in [-0.2, 0) is 14.3 Å². The molecule has 1 atom stereocenters. The Bertz CT molecular complexity index is 530. The summed E-state index contributed by atoms with van der Waals surface area (Å²) in [6.45, 7) is 4.05. The monoisotopic (exact) mass is 348 g/mol. The Morgan fingerprint density at radius 1 is 1.32 bits per heavy atom. The number of aliphatic imine (C=N–C) groups is 1. The van der Waals surface area contributed by atoms with Crippen molar-refractivity contribution < 1.29 is 14.3 Å². The lowest BCUT2D eigenvalue weighted by Gasteiger charge is -2.12. The summed E-state index contributed by atoms with van der Waals surface area (Å²) in [6.07, 6.45) is 1.98. The molecule has 0 aliphatic carbocycles. The van der Waals surface area contributed by atoms with E-state index < -0.39 is 0 Å². The number of guanidine groups is 1. The van der Waals surface area contributed by atoms with E-state index in [1.165, 1.54) is 0 Å². The van der Waals surface area contributed by atoms with Gasteiger partial charge in [-0.05, 0) is 25.0 Å². The molecule has 7 nitrogen and oxygen atoms in total. The third-order valence-electron chi connectivity index (χ3n) is 3.83. The highest BCUT2D eigenvalue weighted by Crippen LogP contribution is 2.12. The number of ether oxygens (including phenoxy) is 2. The van der Waals surface area contributed by atoms with Gasteiger partial charge in [0.2, 0.25) is 5.91 Å². The molecule has 25 heavy (non-hydrogen) atoms. The fraction of sp³-hybridized carbons (Fsp3) is 0.556. The Hall–Kier alpha value is -2.12. The minimum absolute atomic E-state index is 0.115. The molecule has 1 unspecified atom stereocenters. The maximum atomic E-state index is 11.9. The molecule has 2 rings (SSSR count). The summed E-state index contributed by atoms with van der Waals surface area (Å²) < 4.78 is 11.0.